The number of nitrogens with zero attached hydrogens (tertiary/aromatic N) is 2. The fourth-order valence-corrected chi connectivity index (χ4v) is 3.31. The van der Waals surface area contributed by atoms with Gasteiger partial charge in [-0.15, -0.1) is 0 Å². The normalized spacial score (nSPS) is 22.1. The molecule has 0 bridgehead atoms. The van der Waals surface area contributed by atoms with Gasteiger partial charge in [0.15, 0.2) is 0 Å². The lowest BCUT2D eigenvalue weighted by atomic mass is 9.98. The lowest BCUT2D eigenvalue weighted by Gasteiger charge is -2.22. The molecule has 24 heavy (non-hydrogen) atoms. The van der Waals surface area contributed by atoms with E-state index in [9.17, 15) is 13.6 Å². The molecule has 132 valence electrons. The summed E-state index contributed by atoms with van der Waals surface area (Å²) in [5, 5.41) is 0. The van der Waals surface area contributed by atoms with E-state index in [0.717, 1.165) is 25.7 Å². The van der Waals surface area contributed by atoms with Crippen molar-refractivity contribution in [3.05, 3.63) is 23.9 Å². The molecule has 1 aromatic heterocycles. The number of hydrogen-bond acceptors (Lipinski definition) is 4. The summed E-state index contributed by atoms with van der Waals surface area (Å²) >= 11 is 0. The van der Waals surface area contributed by atoms with Crippen LogP contribution in [0.5, 0.6) is 5.88 Å². The highest BCUT2D eigenvalue weighted by Crippen LogP contribution is 2.24. The third-order valence-electron chi connectivity index (χ3n) is 4.55. The Balaban J connectivity index is 1.60. The van der Waals surface area contributed by atoms with E-state index < -0.39 is 12.7 Å². The first kappa shape index (κ1) is 17.1. The molecule has 0 unspecified atom stereocenters. The first-order chi connectivity index (χ1) is 11.6. The van der Waals surface area contributed by atoms with Crippen molar-refractivity contribution in [3.63, 3.8) is 0 Å². The Morgan fingerprint density at radius 3 is 2.75 bits per heavy atom. The number of halogens is 2. The summed E-state index contributed by atoms with van der Waals surface area (Å²) in [5.41, 5.74) is 0.466. The Morgan fingerprint density at radius 2 is 2.00 bits per heavy atom. The molecule has 5 nitrogen and oxygen atoms in total. The highest BCUT2D eigenvalue weighted by molar-refractivity contribution is 5.94. The number of rotatable bonds is 5. The number of alkyl halides is 2. The third kappa shape index (κ3) is 4.41. The predicted octanol–water partition coefficient (Wildman–Crippen LogP) is 3.25. The molecule has 2 fully saturated rings. The maximum absolute atomic E-state index is 12.5. The van der Waals surface area contributed by atoms with Gasteiger partial charge in [-0.3, -0.25) is 4.79 Å². The minimum absolute atomic E-state index is 0.159. The quantitative estimate of drug-likeness (QED) is 0.826. The van der Waals surface area contributed by atoms with Crippen LogP contribution in [0.3, 0.4) is 0 Å². The lowest BCUT2D eigenvalue weighted by molar-refractivity contribution is -0.158. The molecule has 3 rings (SSSR count). The molecule has 0 radical (unpaired) electrons. The van der Waals surface area contributed by atoms with Crippen molar-refractivity contribution in [3.8, 4) is 5.88 Å². The summed E-state index contributed by atoms with van der Waals surface area (Å²) in [6.07, 6.45) is 7.10. The first-order valence-electron chi connectivity index (χ1n) is 8.47. The van der Waals surface area contributed by atoms with Crippen molar-refractivity contribution in [2.24, 2.45) is 0 Å². The second kappa shape index (κ2) is 7.88. The molecular weight excluding hydrogens is 318 g/mol. The molecule has 7 heteroatoms. The SMILES string of the molecule is O=C(c1ccnc(OC2CCCCC2)c1)N1CC[C@H](OC(F)F)C1. The second-order valence-corrected chi connectivity index (χ2v) is 6.32. The van der Waals surface area contributed by atoms with Gasteiger partial charge in [0.1, 0.15) is 6.10 Å². The van der Waals surface area contributed by atoms with Gasteiger partial charge in [-0.1, -0.05) is 6.42 Å². The maximum atomic E-state index is 12.5. The largest absolute Gasteiger partial charge is 0.474 e. The van der Waals surface area contributed by atoms with Crippen molar-refractivity contribution in [2.45, 2.75) is 57.3 Å². The monoisotopic (exact) mass is 340 g/mol. The van der Waals surface area contributed by atoms with Gasteiger partial charge in [-0.05, 0) is 38.2 Å². The average molecular weight is 340 g/mol. The summed E-state index contributed by atoms with van der Waals surface area (Å²) in [6, 6.07) is 3.26. The average Bonchev–Trinajstić information content (AvgIpc) is 3.03. The summed E-state index contributed by atoms with van der Waals surface area (Å²) < 4.78 is 34.9. The van der Waals surface area contributed by atoms with Crippen LogP contribution in [0.25, 0.3) is 0 Å². The number of hydrogen-bond donors (Lipinski definition) is 0. The van der Waals surface area contributed by atoms with Crippen LogP contribution in [0.15, 0.2) is 18.3 Å². The minimum Gasteiger partial charge on any atom is -0.474 e. The molecule has 1 aliphatic heterocycles. The van der Waals surface area contributed by atoms with Crippen LogP contribution in [0.1, 0.15) is 48.9 Å². The standard InChI is InChI=1S/C17H22F2N2O3/c18-17(19)24-14-7-9-21(11-14)16(22)12-6-8-20-15(10-12)23-13-4-2-1-3-5-13/h6,8,10,13-14,17H,1-5,7,9,11H2/t14-/m0/s1. The van der Waals surface area contributed by atoms with Crippen molar-refractivity contribution in [1.29, 1.82) is 0 Å². The van der Waals surface area contributed by atoms with Crippen LogP contribution >= 0.6 is 0 Å². The van der Waals surface area contributed by atoms with Crippen molar-refractivity contribution < 1.29 is 23.0 Å². The fourth-order valence-electron chi connectivity index (χ4n) is 3.31. The van der Waals surface area contributed by atoms with Gasteiger partial charge in [-0.25, -0.2) is 4.98 Å². The van der Waals surface area contributed by atoms with Gasteiger partial charge in [0.25, 0.3) is 5.91 Å². The van der Waals surface area contributed by atoms with E-state index in [0.29, 0.717) is 24.4 Å². The van der Waals surface area contributed by atoms with Crippen LogP contribution in [-0.2, 0) is 4.74 Å². The highest BCUT2D eigenvalue weighted by Gasteiger charge is 2.29. The van der Waals surface area contributed by atoms with Gasteiger partial charge in [0, 0.05) is 30.9 Å². The van der Waals surface area contributed by atoms with Crippen LogP contribution in [0, 0.1) is 0 Å². The van der Waals surface area contributed by atoms with E-state index in [1.54, 1.807) is 18.3 Å². The lowest BCUT2D eigenvalue weighted by Crippen LogP contribution is -2.30. The van der Waals surface area contributed by atoms with Gasteiger partial charge in [0.05, 0.1) is 6.10 Å². The Kier molecular flexibility index (Phi) is 5.60. The number of aromatic nitrogens is 1. The zero-order valence-corrected chi connectivity index (χ0v) is 13.5. The van der Waals surface area contributed by atoms with Gasteiger partial charge in [-0.2, -0.15) is 8.78 Å². The van der Waals surface area contributed by atoms with Gasteiger partial charge < -0.3 is 14.4 Å². The first-order valence-corrected chi connectivity index (χ1v) is 8.47. The van der Waals surface area contributed by atoms with Crippen LogP contribution in [0.4, 0.5) is 8.78 Å². The number of carbonyl (C=O) groups is 1. The summed E-state index contributed by atoms with van der Waals surface area (Å²) in [7, 11) is 0. The molecule has 1 aromatic rings. The van der Waals surface area contributed by atoms with E-state index in [4.69, 9.17) is 4.74 Å². The number of likely N-dealkylation sites (tertiary alicyclic amines) is 1. The molecule has 1 saturated heterocycles. The molecule has 1 amide bonds. The summed E-state index contributed by atoms with van der Waals surface area (Å²) in [4.78, 5) is 18.2. The molecular formula is C17H22F2N2O3. The summed E-state index contributed by atoms with van der Waals surface area (Å²) in [6.45, 7) is -2.21. The van der Waals surface area contributed by atoms with E-state index in [1.807, 2.05) is 0 Å². The van der Waals surface area contributed by atoms with Crippen molar-refractivity contribution >= 4 is 5.91 Å². The van der Waals surface area contributed by atoms with Crippen LogP contribution in [0.2, 0.25) is 0 Å². The van der Waals surface area contributed by atoms with E-state index in [1.165, 1.54) is 11.3 Å². The van der Waals surface area contributed by atoms with E-state index in [2.05, 4.69) is 9.72 Å². The van der Waals surface area contributed by atoms with Crippen LogP contribution in [-0.4, -0.2) is 47.7 Å². The molecule has 0 spiro atoms. The topological polar surface area (TPSA) is 51.7 Å². The summed E-state index contributed by atoms with van der Waals surface area (Å²) in [5.74, 6) is 0.249. The number of pyridine rings is 1. The Labute approximate surface area is 139 Å². The number of ether oxygens (including phenoxy) is 2. The Bertz CT molecular complexity index is 565. The maximum Gasteiger partial charge on any atom is 0.345 e. The van der Waals surface area contributed by atoms with Crippen molar-refractivity contribution in [2.75, 3.05) is 13.1 Å². The van der Waals surface area contributed by atoms with E-state index >= 15 is 0 Å². The van der Waals surface area contributed by atoms with E-state index in [-0.39, 0.29) is 18.6 Å². The number of carbonyl (C=O) groups excluding carboxylic acids is 1. The smallest absolute Gasteiger partial charge is 0.345 e. The minimum atomic E-state index is -2.80. The predicted molar refractivity (Wildman–Crippen MR) is 83.1 cm³/mol. The Hall–Kier alpha value is -1.76. The molecule has 1 saturated carbocycles. The molecule has 1 atom stereocenters. The van der Waals surface area contributed by atoms with Gasteiger partial charge >= 0.3 is 6.61 Å². The number of amides is 1. The third-order valence-corrected chi connectivity index (χ3v) is 4.55. The molecule has 0 aromatic carbocycles. The second-order valence-electron chi connectivity index (χ2n) is 6.32. The molecule has 2 aliphatic rings. The fraction of sp³-hybridized carbons (Fsp3) is 0.647. The zero-order chi connectivity index (χ0) is 16.9. The zero-order valence-electron chi connectivity index (χ0n) is 13.5. The van der Waals surface area contributed by atoms with Crippen LogP contribution < -0.4 is 4.74 Å². The Morgan fingerprint density at radius 1 is 1.21 bits per heavy atom. The molecule has 1 aliphatic carbocycles. The molecule has 2 heterocycles. The highest BCUT2D eigenvalue weighted by atomic mass is 19.3. The van der Waals surface area contributed by atoms with Crippen molar-refractivity contribution in [1.82, 2.24) is 9.88 Å². The van der Waals surface area contributed by atoms with Gasteiger partial charge in [0.2, 0.25) is 5.88 Å². The molecule has 0 N–H and O–H groups in total.